The molecule has 1 fully saturated rings. The van der Waals surface area contributed by atoms with Crippen molar-refractivity contribution in [3.05, 3.63) is 30.3 Å². The molecule has 1 aromatic carbocycles. The summed E-state index contributed by atoms with van der Waals surface area (Å²) in [6.07, 6.45) is 0. The number of benzene rings is 1. The summed E-state index contributed by atoms with van der Waals surface area (Å²) < 4.78 is 5.32. The first-order valence-electron chi connectivity index (χ1n) is 6.47. The molecule has 0 saturated carbocycles. The maximum atomic E-state index is 5.76. The van der Waals surface area contributed by atoms with E-state index in [-0.39, 0.29) is 5.95 Å². The predicted octanol–water partition coefficient (Wildman–Crippen LogP) is 1.03. The summed E-state index contributed by atoms with van der Waals surface area (Å²) in [5.74, 6) is 1.24. The van der Waals surface area contributed by atoms with Gasteiger partial charge in [0.05, 0.1) is 13.2 Å². The number of nitrogen functional groups attached to an aromatic ring is 1. The number of nitrogens with zero attached hydrogens (tertiary/aromatic N) is 4. The highest BCUT2D eigenvalue weighted by molar-refractivity contribution is 5.55. The van der Waals surface area contributed by atoms with E-state index in [1.165, 1.54) is 0 Å². The molecule has 1 saturated heterocycles. The number of anilines is 4. The van der Waals surface area contributed by atoms with E-state index >= 15 is 0 Å². The molecule has 1 aromatic heterocycles. The van der Waals surface area contributed by atoms with Gasteiger partial charge in [0.15, 0.2) is 0 Å². The molecular formula is C13H16N6O. The Hall–Kier alpha value is -2.41. The molecule has 1 aliphatic rings. The maximum absolute atomic E-state index is 5.76. The van der Waals surface area contributed by atoms with Gasteiger partial charge in [0.25, 0.3) is 0 Å². The van der Waals surface area contributed by atoms with E-state index in [9.17, 15) is 0 Å². The zero-order valence-corrected chi connectivity index (χ0v) is 11.0. The molecule has 3 N–H and O–H groups in total. The predicted molar refractivity (Wildman–Crippen MR) is 77.0 cm³/mol. The van der Waals surface area contributed by atoms with Crippen molar-refractivity contribution in [1.82, 2.24) is 15.0 Å². The SMILES string of the molecule is Nc1nc(Nc2ccccc2)nc(N2CCOCC2)n1. The van der Waals surface area contributed by atoms with Crippen molar-refractivity contribution in [3.8, 4) is 0 Å². The summed E-state index contributed by atoms with van der Waals surface area (Å²) in [5, 5.41) is 3.12. The molecule has 0 bridgehead atoms. The third-order valence-corrected chi connectivity index (χ3v) is 2.96. The lowest BCUT2D eigenvalue weighted by molar-refractivity contribution is 0.122. The molecule has 0 atom stereocenters. The van der Waals surface area contributed by atoms with Crippen molar-refractivity contribution in [2.45, 2.75) is 0 Å². The minimum atomic E-state index is 0.208. The standard InChI is InChI=1S/C13H16N6O/c14-11-16-12(15-10-4-2-1-3-5-10)18-13(17-11)19-6-8-20-9-7-19/h1-5H,6-9H2,(H3,14,15,16,17,18). The van der Waals surface area contributed by atoms with Crippen LogP contribution in [0, 0.1) is 0 Å². The Bertz CT molecular complexity index is 570. The second-order valence-electron chi connectivity index (χ2n) is 4.41. The van der Waals surface area contributed by atoms with Gasteiger partial charge in [-0.3, -0.25) is 0 Å². The molecule has 3 rings (SSSR count). The molecule has 0 radical (unpaired) electrons. The Kier molecular flexibility index (Phi) is 3.60. The second kappa shape index (κ2) is 5.70. The normalized spacial score (nSPS) is 15.1. The van der Waals surface area contributed by atoms with Crippen molar-refractivity contribution in [2.24, 2.45) is 0 Å². The Morgan fingerprint density at radius 3 is 2.55 bits per heavy atom. The smallest absolute Gasteiger partial charge is 0.233 e. The van der Waals surface area contributed by atoms with E-state index < -0.39 is 0 Å². The number of hydrogen-bond acceptors (Lipinski definition) is 7. The Labute approximate surface area is 116 Å². The van der Waals surface area contributed by atoms with Crippen LogP contribution in [0.1, 0.15) is 0 Å². The first kappa shape index (κ1) is 12.6. The average Bonchev–Trinajstić information content (AvgIpc) is 2.49. The summed E-state index contributed by atoms with van der Waals surface area (Å²) in [6, 6.07) is 9.71. The summed E-state index contributed by atoms with van der Waals surface area (Å²) in [4.78, 5) is 14.7. The van der Waals surface area contributed by atoms with E-state index in [1.807, 2.05) is 35.2 Å². The van der Waals surface area contributed by atoms with Crippen LogP contribution >= 0.6 is 0 Å². The van der Waals surface area contributed by atoms with Crippen molar-refractivity contribution in [2.75, 3.05) is 42.3 Å². The molecule has 0 amide bonds. The molecule has 0 aliphatic carbocycles. The van der Waals surface area contributed by atoms with Gasteiger partial charge in [-0.2, -0.15) is 15.0 Å². The number of aromatic nitrogens is 3. The number of nitrogens with one attached hydrogen (secondary N) is 1. The van der Waals surface area contributed by atoms with Crippen LogP contribution in [0.15, 0.2) is 30.3 Å². The molecule has 0 unspecified atom stereocenters. The first-order valence-corrected chi connectivity index (χ1v) is 6.47. The monoisotopic (exact) mass is 272 g/mol. The molecule has 1 aliphatic heterocycles. The first-order chi connectivity index (χ1) is 9.81. The fraction of sp³-hybridized carbons (Fsp3) is 0.308. The largest absolute Gasteiger partial charge is 0.378 e. The van der Waals surface area contributed by atoms with E-state index in [1.54, 1.807) is 0 Å². The number of morpholine rings is 1. The van der Waals surface area contributed by atoms with Crippen molar-refractivity contribution < 1.29 is 4.74 Å². The fourth-order valence-corrected chi connectivity index (χ4v) is 1.99. The zero-order valence-electron chi connectivity index (χ0n) is 11.0. The maximum Gasteiger partial charge on any atom is 0.233 e. The molecule has 7 nitrogen and oxygen atoms in total. The van der Waals surface area contributed by atoms with Crippen LogP contribution in [0.3, 0.4) is 0 Å². The lowest BCUT2D eigenvalue weighted by Gasteiger charge is -2.26. The van der Waals surface area contributed by atoms with Gasteiger partial charge < -0.3 is 20.7 Å². The quantitative estimate of drug-likeness (QED) is 0.862. The highest BCUT2D eigenvalue weighted by Crippen LogP contribution is 2.17. The summed E-state index contributed by atoms with van der Waals surface area (Å²) in [7, 11) is 0. The van der Waals surface area contributed by atoms with Gasteiger partial charge in [-0.15, -0.1) is 0 Å². The van der Waals surface area contributed by atoms with E-state index in [0.29, 0.717) is 25.1 Å². The summed E-state index contributed by atoms with van der Waals surface area (Å²) in [6.45, 7) is 2.86. The number of nitrogens with two attached hydrogens (primary N) is 1. The fourth-order valence-electron chi connectivity index (χ4n) is 1.99. The van der Waals surface area contributed by atoms with Gasteiger partial charge >= 0.3 is 0 Å². The van der Waals surface area contributed by atoms with Crippen LogP contribution < -0.4 is 16.0 Å². The number of ether oxygens (including phenoxy) is 1. The van der Waals surface area contributed by atoms with Gasteiger partial charge in [-0.05, 0) is 12.1 Å². The summed E-state index contributed by atoms with van der Waals surface area (Å²) >= 11 is 0. The van der Waals surface area contributed by atoms with Crippen LogP contribution in [-0.4, -0.2) is 41.3 Å². The highest BCUT2D eigenvalue weighted by Gasteiger charge is 2.15. The topological polar surface area (TPSA) is 89.2 Å². The minimum absolute atomic E-state index is 0.208. The van der Waals surface area contributed by atoms with Gasteiger partial charge in [-0.1, -0.05) is 18.2 Å². The third kappa shape index (κ3) is 2.94. The second-order valence-corrected chi connectivity index (χ2v) is 4.41. The van der Waals surface area contributed by atoms with E-state index in [4.69, 9.17) is 10.5 Å². The molecule has 0 spiro atoms. The van der Waals surface area contributed by atoms with Crippen molar-refractivity contribution in [1.29, 1.82) is 0 Å². The number of rotatable bonds is 3. The lowest BCUT2D eigenvalue weighted by Crippen LogP contribution is -2.37. The summed E-state index contributed by atoms with van der Waals surface area (Å²) in [5.41, 5.74) is 6.67. The van der Waals surface area contributed by atoms with Crippen molar-refractivity contribution >= 4 is 23.5 Å². The van der Waals surface area contributed by atoms with Gasteiger partial charge in [0.2, 0.25) is 17.8 Å². The van der Waals surface area contributed by atoms with E-state index in [2.05, 4.69) is 20.3 Å². The van der Waals surface area contributed by atoms with E-state index in [0.717, 1.165) is 18.8 Å². The molecule has 104 valence electrons. The molecule has 20 heavy (non-hydrogen) atoms. The van der Waals surface area contributed by atoms with Gasteiger partial charge in [0.1, 0.15) is 0 Å². The Balaban J connectivity index is 1.82. The van der Waals surface area contributed by atoms with Crippen LogP contribution in [0.4, 0.5) is 23.5 Å². The molecule has 2 aromatic rings. The Morgan fingerprint density at radius 2 is 1.80 bits per heavy atom. The van der Waals surface area contributed by atoms with Crippen molar-refractivity contribution in [3.63, 3.8) is 0 Å². The van der Waals surface area contributed by atoms with Crippen LogP contribution in [-0.2, 0) is 4.74 Å². The van der Waals surface area contributed by atoms with Crippen LogP contribution in [0.5, 0.6) is 0 Å². The average molecular weight is 272 g/mol. The lowest BCUT2D eigenvalue weighted by atomic mass is 10.3. The zero-order chi connectivity index (χ0) is 13.8. The molecule has 2 heterocycles. The minimum Gasteiger partial charge on any atom is -0.378 e. The molecule has 7 heteroatoms. The van der Waals surface area contributed by atoms with Gasteiger partial charge in [-0.25, -0.2) is 0 Å². The highest BCUT2D eigenvalue weighted by atomic mass is 16.5. The van der Waals surface area contributed by atoms with Crippen LogP contribution in [0.25, 0.3) is 0 Å². The number of para-hydroxylation sites is 1. The van der Waals surface area contributed by atoms with Gasteiger partial charge in [0, 0.05) is 18.8 Å². The molecular weight excluding hydrogens is 256 g/mol. The third-order valence-electron chi connectivity index (χ3n) is 2.96. The Morgan fingerprint density at radius 1 is 1.05 bits per heavy atom. The number of hydrogen-bond donors (Lipinski definition) is 2. The van der Waals surface area contributed by atoms with Crippen LogP contribution in [0.2, 0.25) is 0 Å².